The number of nitrogens with two attached hydrogens (primary N) is 1. The predicted molar refractivity (Wildman–Crippen MR) is 62.1 cm³/mol. The molecule has 1 aromatic rings. The number of hydrogen-bond acceptors (Lipinski definition) is 6. The molecule has 88 valence electrons. The van der Waals surface area contributed by atoms with Crippen LogP contribution >= 0.6 is 0 Å². The topological polar surface area (TPSA) is 76.3 Å². The Hall–Kier alpha value is -1.40. The first kappa shape index (κ1) is 11.1. The number of nitrogens with one attached hydrogen (secondary N) is 1. The van der Waals surface area contributed by atoms with E-state index in [0.717, 1.165) is 12.4 Å². The third-order valence-corrected chi connectivity index (χ3v) is 2.62. The number of aromatic nitrogens is 2. The molecule has 1 aliphatic carbocycles. The fourth-order valence-electron chi connectivity index (χ4n) is 1.64. The summed E-state index contributed by atoms with van der Waals surface area (Å²) >= 11 is 0. The van der Waals surface area contributed by atoms with Gasteiger partial charge in [0.05, 0.1) is 6.61 Å². The van der Waals surface area contributed by atoms with Gasteiger partial charge in [-0.25, -0.2) is 15.8 Å². The van der Waals surface area contributed by atoms with Crippen molar-refractivity contribution in [2.75, 3.05) is 30.6 Å². The van der Waals surface area contributed by atoms with Crippen molar-refractivity contribution >= 4 is 11.6 Å². The van der Waals surface area contributed by atoms with E-state index in [-0.39, 0.29) is 0 Å². The van der Waals surface area contributed by atoms with Crippen molar-refractivity contribution in [1.29, 1.82) is 0 Å². The molecule has 0 aromatic carbocycles. The molecule has 1 heterocycles. The van der Waals surface area contributed by atoms with Crippen LogP contribution in [0.1, 0.15) is 12.8 Å². The average Bonchev–Trinajstić information content (AvgIpc) is 3.14. The number of nitrogens with zero attached hydrogens (tertiary/aromatic N) is 3. The van der Waals surface area contributed by atoms with E-state index in [0.29, 0.717) is 18.5 Å². The van der Waals surface area contributed by atoms with Gasteiger partial charge in [0.25, 0.3) is 0 Å². The fourth-order valence-corrected chi connectivity index (χ4v) is 1.64. The molecular weight excluding hydrogens is 206 g/mol. The lowest BCUT2D eigenvalue weighted by Crippen LogP contribution is -2.30. The monoisotopic (exact) mass is 223 g/mol. The standard InChI is InChI=1S/C10H17N5O/c1-16-5-4-15(8-2-3-8)10-6-9(14-11)12-7-13-10/h6-8H,2-5,11H2,1H3,(H,12,13,14). The molecule has 0 aliphatic heterocycles. The SMILES string of the molecule is COCCN(c1cc(NN)ncn1)C1CC1. The molecule has 0 amide bonds. The molecule has 1 saturated carbocycles. The summed E-state index contributed by atoms with van der Waals surface area (Å²) in [5.41, 5.74) is 2.53. The highest BCUT2D eigenvalue weighted by Gasteiger charge is 2.29. The molecule has 16 heavy (non-hydrogen) atoms. The van der Waals surface area contributed by atoms with Gasteiger partial charge >= 0.3 is 0 Å². The minimum absolute atomic E-state index is 0.593. The molecule has 0 saturated heterocycles. The van der Waals surface area contributed by atoms with Gasteiger partial charge in [-0.1, -0.05) is 0 Å². The van der Waals surface area contributed by atoms with E-state index in [1.54, 1.807) is 7.11 Å². The normalized spacial score (nSPS) is 14.9. The number of hydrogen-bond donors (Lipinski definition) is 2. The van der Waals surface area contributed by atoms with Crippen LogP contribution in [0.25, 0.3) is 0 Å². The maximum Gasteiger partial charge on any atom is 0.145 e. The van der Waals surface area contributed by atoms with E-state index in [2.05, 4.69) is 20.3 Å². The van der Waals surface area contributed by atoms with Gasteiger partial charge in [0.2, 0.25) is 0 Å². The van der Waals surface area contributed by atoms with E-state index in [1.165, 1.54) is 19.2 Å². The van der Waals surface area contributed by atoms with Gasteiger partial charge in [-0.05, 0) is 12.8 Å². The fraction of sp³-hybridized carbons (Fsp3) is 0.600. The van der Waals surface area contributed by atoms with Crippen LogP contribution in [0.3, 0.4) is 0 Å². The number of nitrogen functional groups attached to an aromatic ring is 1. The zero-order chi connectivity index (χ0) is 11.4. The van der Waals surface area contributed by atoms with E-state index in [9.17, 15) is 0 Å². The summed E-state index contributed by atoms with van der Waals surface area (Å²) in [6.45, 7) is 1.55. The summed E-state index contributed by atoms with van der Waals surface area (Å²) in [7, 11) is 1.71. The molecule has 0 unspecified atom stereocenters. The van der Waals surface area contributed by atoms with E-state index in [4.69, 9.17) is 10.6 Å². The second-order valence-corrected chi connectivity index (χ2v) is 3.82. The Morgan fingerprint density at radius 2 is 2.38 bits per heavy atom. The van der Waals surface area contributed by atoms with Crippen LogP contribution in [0.15, 0.2) is 12.4 Å². The zero-order valence-corrected chi connectivity index (χ0v) is 9.39. The average molecular weight is 223 g/mol. The van der Waals surface area contributed by atoms with Crippen LogP contribution in [0.2, 0.25) is 0 Å². The zero-order valence-electron chi connectivity index (χ0n) is 9.39. The van der Waals surface area contributed by atoms with Gasteiger partial charge in [-0.3, -0.25) is 0 Å². The van der Waals surface area contributed by atoms with Crippen LogP contribution in [0, 0.1) is 0 Å². The lowest BCUT2D eigenvalue weighted by Gasteiger charge is -2.23. The Morgan fingerprint density at radius 1 is 1.56 bits per heavy atom. The number of rotatable bonds is 6. The first-order chi connectivity index (χ1) is 7.85. The van der Waals surface area contributed by atoms with E-state index < -0.39 is 0 Å². The molecule has 1 aromatic heterocycles. The lowest BCUT2D eigenvalue weighted by molar-refractivity contribution is 0.204. The Labute approximate surface area is 94.8 Å². The quantitative estimate of drug-likeness (QED) is 0.536. The molecule has 0 radical (unpaired) electrons. The lowest BCUT2D eigenvalue weighted by atomic mass is 10.4. The Bertz CT molecular complexity index is 342. The maximum atomic E-state index is 5.33. The van der Waals surface area contributed by atoms with Crippen molar-refractivity contribution in [3.05, 3.63) is 12.4 Å². The highest BCUT2D eigenvalue weighted by molar-refractivity contribution is 5.49. The first-order valence-electron chi connectivity index (χ1n) is 5.39. The van der Waals surface area contributed by atoms with E-state index in [1.807, 2.05) is 6.07 Å². The molecule has 6 nitrogen and oxygen atoms in total. The summed E-state index contributed by atoms with van der Waals surface area (Å²) < 4.78 is 5.10. The molecule has 3 N–H and O–H groups in total. The van der Waals surface area contributed by atoms with Gasteiger partial charge in [-0.15, -0.1) is 0 Å². The summed E-state index contributed by atoms with van der Waals surface area (Å²) in [5, 5.41) is 0. The Kier molecular flexibility index (Phi) is 3.53. The molecule has 6 heteroatoms. The highest BCUT2D eigenvalue weighted by atomic mass is 16.5. The number of methoxy groups -OCH3 is 1. The molecule has 0 bridgehead atoms. The smallest absolute Gasteiger partial charge is 0.145 e. The van der Waals surface area contributed by atoms with Crippen molar-refractivity contribution in [3.63, 3.8) is 0 Å². The Balaban J connectivity index is 2.10. The number of hydrazine groups is 1. The van der Waals surface area contributed by atoms with Crippen molar-refractivity contribution < 1.29 is 4.74 Å². The molecule has 0 spiro atoms. The van der Waals surface area contributed by atoms with Crippen molar-refractivity contribution in [3.8, 4) is 0 Å². The van der Waals surface area contributed by atoms with Crippen LogP contribution in [-0.2, 0) is 4.74 Å². The van der Waals surface area contributed by atoms with Gasteiger partial charge < -0.3 is 15.1 Å². The minimum atomic E-state index is 0.593. The van der Waals surface area contributed by atoms with Crippen LogP contribution in [0.5, 0.6) is 0 Å². The molecule has 1 fully saturated rings. The Morgan fingerprint density at radius 3 is 3.00 bits per heavy atom. The highest BCUT2D eigenvalue weighted by Crippen LogP contribution is 2.30. The van der Waals surface area contributed by atoms with Crippen molar-refractivity contribution in [2.24, 2.45) is 5.84 Å². The van der Waals surface area contributed by atoms with E-state index >= 15 is 0 Å². The van der Waals surface area contributed by atoms with Gasteiger partial charge in [0.15, 0.2) is 0 Å². The third-order valence-electron chi connectivity index (χ3n) is 2.62. The molecule has 1 aliphatic rings. The first-order valence-corrected chi connectivity index (χ1v) is 5.39. The minimum Gasteiger partial charge on any atom is -0.383 e. The summed E-state index contributed by atoms with van der Waals surface area (Å²) in [5.74, 6) is 6.86. The second-order valence-electron chi connectivity index (χ2n) is 3.82. The third kappa shape index (κ3) is 2.59. The molecule has 2 rings (SSSR count). The molecule has 0 atom stereocenters. The summed E-state index contributed by atoms with van der Waals surface area (Å²) in [6, 6.07) is 2.45. The largest absolute Gasteiger partial charge is 0.383 e. The van der Waals surface area contributed by atoms with Gasteiger partial charge in [0, 0.05) is 25.8 Å². The summed E-state index contributed by atoms with van der Waals surface area (Å²) in [6.07, 6.45) is 3.96. The number of anilines is 2. The molecular formula is C10H17N5O. The summed E-state index contributed by atoms with van der Waals surface area (Å²) in [4.78, 5) is 10.5. The van der Waals surface area contributed by atoms with Gasteiger partial charge in [-0.2, -0.15) is 0 Å². The number of ether oxygens (including phenoxy) is 1. The van der Waals surface area contributed by atoms with Crippen LogP contribution in [-0.4, -0.2) is 36.3 Å². The maximum absolute atomic E-state index is 5.33. The van der Waals surface area contributed by atoms with Crippen LogP contribution in [0.4, 0.5) is 11.6 Å². The second kappa shape index (κ2) is 5.09. The predicted octanol–water partition coefficient (Wildman–Crippen LogP) is 0.377. The van der Waals surface area contributed by atoms with Crippen LogP contribution < -0.4 is 16.2 Å². The van der Waals surface area contributed by atoms with Gasteiger partial charge in [0.1, 0.15) is 18.0 Å². The van der Waals surface area contributed by atoms with Crippen molar-refractivity contribution in [1.82, 2.24) is 9.97 Å². The van der Waals surface area contributed by atoms with Crippen molar-refractivity contribution in [2.45, 2.75) is 18.9 Å².